The van der Waals surface area contributed by atoms with Gasteiger partial charge in [-0.2, -0.15) is 5.10 Å². The molecule has 4 nitrogen and oxygen atoms in total. The predicted molar refractivity (Wildman–Crippen MR) is 64.8 cm³/mol. The largest absolute Gasteiger partial charge is 0.481 e. The van der Waals surface area contributed by atoms with Crippen molar-refractivity contribution >= 4 is 5.97 Å². The van der Waals surface area contributed by atoms with Gasteiger partial charge in [-0.1, -0.05) is 26.7 Å². The Labute approximate surface area is 102 Å². The van der Waals surface area contributed by atoms with Gasteiger partial charge in [-0.3, -0.25) is 9.48 Å². The van der Waals surface area contributed by atoms with Crippen LogP contribution in [0.15, 0.2) is 12.3 Å². The zero-order valence-electron chi connectivity index (χ0n) is 10.5. The number of carbonyl (C=O) groups is 1. The molecule has 0 amide bonds. The number of nitrogens with zero attached hydrogens (tertiary/aromatic N) is 2. The van der Waals surface area contributed by atoms with E-state index in [0.717, 1.165) is 37.9 Å². The van der Waals surface area contributed by atoms with Crippen molar-refractivity contribution < 1.29 is 9.90 Å². The highest BCUT2D eigenvalue weighted by Crippen LogP contribution is 2.40. The van der Waals surface area contributed by atoms with E-state index in [2.05, 4.69) is 18.9 Å². The van der Waals surface area contributed by atoms with E-state index in [0.29, 0.717) is 5.92 Å². The van der Waals surface area contributed by atoms with Gasteiger partial charge in [0.1, 0.15) is 5.41 Å². The third-order valence-corrected chi connectivity index (χ3v) is 3.55. The van der Waals surface area contributed by atoms with E-state index < -0.39 is 11.4 Å². The van der Waals surface area contributed by atoms with Crippen molar-refractivity contribution in [1.29, 1.82) is 0 Å². The summed E-state index contributed by atoms with van der Waals surface area (Å²) in [5.41, 5.74) is 0.0190. The molecule has 0 aliphatic heterocycles. The lowest BCUT2D eigenvalue weighted by Gasteiger charge is -2.21. The van der Waals surface area contributed by atoms with Gasteiger partial charge < -0.3 is 5.11 Å². The number of rotatable bonds is 4. The summed E-state index contributed by atoms with van der Waals surface area (Å²) in [4.78, 5) is 11.5. The lowest BCUT2D eigenvalue weighted by molar-refractivity contribution is -0.143. The van der Waals surface area contributed by atoms with Crippen LogP contribution in [0.3, 0.4) is 0 Å². The van der Waals surface area contributed by atoms with Crippen molar-refractivity contribution in [3.8, 4) is 0 Å². The van der Waals surface area contributed by atoms with E-state index in [9.17, 15) is 9.90 Å². The van der Waals surface area contributed by atoms with Gasteiger partial charge in [0.25, 0.3) is 0 Å². The molecule has 1 N–H and O–H groups in total. The minimum absolute atomic E-state index is 0.520. The van der Waals surface area contributed by atoms with E-state index >= 15 is 0 Å². The summed E-state index contributed by atoms with van der Waals surface area (Å²) in [5, 5.41) is 13.9. The van der Waals surface area contributed by atoms with Crippen molar-refractivity contribution in [2.75, 3.05) is 0 Å². The van der Waals surface area contributed by atoms with Crippen LogP contribution >= 0.6 is 0 Å². The van der Waals surface area contributed by atoms with Crippen molar-refractivity contribution in [2.45, 2.75) is 51.5 Å². The quantitative estimate of drug-likeness (QED) is 0.873. The van der Waals surface area contributed by atoms with Crippen molar-refractivity contribution in [2.24, 2.45) is 5.92 Å². The molecular weight excluding hydrogens is 216 g/mol. The zero-order valence-corrected chi connectivity index (χ0v) is 10.5. The second-order valence-electron chi connectivity index (χ2n) is 5.41. The van der Waals surface area contributed by atoms with E-state index in [-0.39, 0.29) is 0 Å². The normalized spacial score (nSPS) is 18.8. The molecule has 2 rings (SSSR count). The molecule has 1 heterocycles. The first-order chi connectivity index (χ1) is 8.04. The van der Waals surface area contributed by atoms with E-state index in [1.807, 2.05) is 16.9 Å². The average Bonchev–Trinajstić information content (AvgIpc) is 2.83. The maximum absolute atomic E-state index is 11.5. The summed E-state index contributed by atoms with van der Waals surface area (Å²) in [6, 6.07) is 1.88. The average molecular weight is 236 g/mol. The Balaban J connectivity index is 2.25. The van der Waals surface area contributed by atoms with Crippen LogP contribution in [0, 0.1) is 5.92 Å². The third kappa shape index (κ3) is 2.21. The van der Waals surface area contributed by atoms with Crippen LogP contribution in [0.2, 0.25) is 0 Å². The van der Waals surface area contributed by atoms with Crippen LogP contribution in [0.25, 0.3) is 0 Å². The number of hydrogen-bond donors (Lipinski definition) is 1. The number of aliphatic carboxylic acids is 1. The molecule has 0 bridgehead atoms. The molecule has 1 aromatic rings. The monoisotopic (exact) mass is 236 g/mol. The maximum Gasteiger partial charge on any atom is 0.315 e. The zero-order chi connectivity index (χ0) is 12.5. The van der Waals surface area contributed by atoms with E-state index in [4.69, 9.17) is 0 Å². The first-order valence-corrected chi connectivity index (χ1v) is 6.32. The number of carboxylic acid groups (broad SMARTS) is 1. The Hall–Kier alpha value is -1.32. The van der Waals surface area contributed by atoms with Crippen molar-refractivity contribution in [1.82, 2.24) is 9.78 Å². The molecule has 0 spiro atoms. The summed E-state index contributed by atoms with van der Waals surface area (Å²) in [6.07, 6.45) is 5.33. The standard InChI is InChI=1S/C13H20N2O2/c1-10(2)9-15-8-5-11(14-15)13(12(16)17)6-3-4-7-13/h5,8,10H,3-4,6-7,9H2,1-2H3,(H,16,17). The smallest absolute Gasteiger partial charge is 0.315 e. The van der Waals surface area contributed by atoms with Gasteiger partial charge >= 0.3 is 5.97 Å². The van der Waals surface area contributed by atoms with E-state index in [1.54, 1.807) is 0 Å². The fraction of sp³-hybridized carbons (Fsp3) is 0.692. The molecule has 0 aromatic carbocycles. The lowest BCUT2D eigenvalue weighted by atomic mass is 9.83. The molecule has 0 saturated heterocycles. The van der Waals surface area contributed by atoms with E-state index in [1.165, 1.54) is 0 Å². The van der Waals surface area contributed by atoms with Gasteiger partial charge in [0, 0.05) is 12.7 Å². The lowest BCUT2D eigenvalue weighted by Crippen LogP contribution is -2.33. The Kier molecular flexibility index (Phi) is 3.22. The topological polar surface area (TPSA) is 55.1 Å². The molecule has 94 valence electrons. The molecule has 1 fully saturated rings. The Morgan fingerprint density at radius 2 is 2.18 bits per heavy atom. The van der Waals surface area contributed by atoms with Crippen LogP contribution < -0.4 is 0 Å². The van der Waals surface area contributed by atoms with Crippen LogP contribution in [0.4, 0.5) is 0 Å². The van der Waals surface area contributed by atoms with Gasteiger partial charge in [-0.05, 0) is 24.8 Å². The first-order valence-electron chi connectivity index (χ1n) is 6.32. The molecule has 1 aliphatic carbocycles. The van der Waals surface area contributed by atoms with Gasteiger partial charge in [-0.25, -0.2) is 0 Å². The second-order valence-corrected chi connectivity index (χ2v) is 5.41. The summed E-state index contributed by atoms with van der Waals surface area (Å²) >= 11 is 0. The first kappa shape index (κ1) is 12.1. The summed E-state index contributed by atoms with van der Waals surface area (Å²) in [6.45, 7) is 5.10. The van der Waals surface area contributed by atoms with Gasteiger partial charge in [0.2, 0.25) is 0 Å². The SMILES string of the molecule is CC(C)Cn1ccc(C2(C(=O)O)CCCC2)n1. The molecule has 1 saturated carbocycles. The van der Waals surface area contributed by atoms with Crippen LogP contribution in [0.1, 0.15) is 45.2 Å². The molecule has 4 heteroatoms. The Morgan fingerprint density at radius 3 is 2.71 bits per heavy atom. The highest BCUT2D eigenvalue weighted by molar-refractivity contribution is 5.81. The Bertz CT molecular complexity index is 403. The predicted octanol–water partition coefficient (Wildman–Crippen LogP) is 2.44. The molecule has 0 atom stereocenters. The number of carboxylic acids is 1. The van der Waals surface area contributed by atoms with Gasteiger partial charge in [0.15, 0.2) is 0 Å². The maximum atomic E-state index is 11.5. The molecule has 0 radical (unpaired) electrons. The third-order valence-electron chi connectivity index (χ3n) is 3.55. The fourth-order valence-electron chi connectivity index (χ4n) is 2.65. The molecular formula is C13H20N2O2. The van der Waals surface area contributed by atoms with Crippen LogP contribution in [-0.4, -0.2) is 20.9 Å². The molecule has 17 heavy (non-hydrogen) atoms. The number of hydrogen-bond acceptors (Lipinski definition) is 2. The highest BCUT2D eigenvalue weighted by Gasteiger charge is 2.44. The number of aromatic nitrogens is 2. The van der Waals surface area contributed by atoms with Crippen molar-refractivity contribution in [3.05, 3.63) is 18.0 Å². The highest BCUT2D eigenvalue weighted by atomic mass is 16.4. The molecule has 0 unspecified atom stereocenters. The summed E-state index contributed by atoms with van der Waals surface area (Å²) < 4.78 is 1.86. The summed E-state index contributed by atoms with van der Waals surface area (Å²) in [7, 11) is 0. The Morgan fingerprint density at radius 1 is 1.53 bits per heavy atom. The molecule has 1 aromatic heterocycles. The second kappa shape index (κ2) is 4.51. The fourth-order valence-corrected chi connectivity index (χ4v) is 2.65. The minimum Gasteiger partial charge on any atom is -0.481 e. The van der Waals surface area contributed by atoms with Crippen LogP contribution in [0.5, 0.6) is 0 Å². The van der Waals surface area contributed by atoms with Crippen molar-refractivity contribution in [3.63, 3.8) is 0 Å². The molecule has 1 aliphatic rings. The summed E-state index contributed by atoms with van der Waals surface area (Å²) in [5.74, 6) is -0.197. The van der Waals surface area contributed by atoms with Crippen LogP contribution in [-0.2, 0) is 16.8 Å². The van der Waals surface area contributed by atoms with Gasteiger partial charge in [0.05, 0.1) is 5.69 Å². The minimum atomic E-state index is -0.720. The van der Waals surface area contributed by atoms with Gasteiger partial charge in [-0.15, -0.1) is 0 Å².